The molecular formula is C17H27NO2. The third-order valence-corrected chi connectivity index (χ3v) is 4.22. The summed E-state index contributed by atoms with van der Waals surface area (Å²) in [6, 6.07) is 8.41. The summed E-state index contributed by atoms with van der Waals surface area (Å²) in [5.74, 6) is 0. The molecule has 1 N–H and O–H groups in total. The first-order valence-corrected chi connectivity index (χ1v) is 7.58. The Morgan fingerprint density at radius 3 is 2.50 bits per heavy atom. The Morgan fingerprint density at radius 2 is 1.95 bits per heavy atom. The molecule has 1 aromatic carbocycles. The summed E-state index contributed by atoms with van der Waals surface area (Å²) in [4.78, 5) is 2.32. The van der Waals surface area contributed by atoms with Crippen molar-refractivity contribution in [1.29, 1.82) is 0 Å². The largest absolute Gasteiger partial charge is 0.387 e. The van der Waals surface area contributed by atoms with Crippen LogP contribution in [0.5, 0.6) is 0 Å². The summed E-state index contributed by atoms with van der Waals surface area (Å²) in [6.45, 7) is 10.9. The maximum Gasteiger partial charge on any atom is 0.0942 e. The smallest absolute Gasteiger partial charge is 0.0942 e. The Kier molecular flexibility index (Phi) is 4.84. The highest BCUT2D eigenvalue weighted by atomic mass is 16.5. The number of hydrogen-bond acceptors (Lipinski definition) is 3. The van der Waals surface area contributed by atoms with Gasteiger partial charge in [-0.25, -0.2) is 0 Å². The van der Waals surface area contributed by atoms with E-state index in [1.54, 1.807) is 0 Å². The van der Waals surface area contributed by atoms with Crippen LogP contribution in [0.3, 0.4) is 0 Å². The highest BCUT2D eigenvalue weighted by Gasteiger charge is 2.32. The van der Waals surface area contributed by atoms with E-state index in [4.69, 9.17) is 4.74 Å². The molecule has 1 saturated heterocycles. The highest BCUT2D eigenvalue weighted by Crippen LogP contribution is 2.25. The molecule has 20 heavy (non-hydrogen) atoms. The Hall–Kier alpha value is -0.900. The predicted octanol–water partition coefficient (Wildman–Crippen LogP) is 2.78. The number of rotatable bonds is 4. The van der Waals surface area contributed by atoms with Crippen LogP contribution in [0.1, 0.15) is 44.9 Å². The van der Waals surface area contributed by atoms with Crippen molar-refractivity contribution in [2.75, 3.05) is 19.7 Å². The summed E-state index contributed by atoms with van der Waals surface area (Å²) in [5, 5.41) is 10.6. The molecule has 0 radical (unpaired) electrons. The van der Waals surface area contributed by atoms with Gasteiger partial charge in [0.05, 0.1) is 18.3 Å². The summed E-state index contributed by atoms with van der Waals surface area (Å²) >= 11 is 0. The molecule has 0 amide bonds. The van der Waals surface area contributed by atoms with Crippen LogP contribution in [0.25, 0.3) is 0 Å². The molecule has 0 spiro atoms. The maximum absolute atomic E-state index is 10.6. The fraction of sp³-hybridized carbons (Fsp3) is 0.647. The molecule has 1 aliphatic heterocycles. The molecule has 112 valence electrons. The zero-order valence-electron chi connectivity index (χ0n) is 13.1. The molecule has 2 rings (SSSR count). The molecular weight excluding hydrogens is 250 g/mol. The third kappa shape index (κ3) is 3.60. The van der Waals surface area contributed by atoms with Crippen LogP contribution in [-0.2, 0) is 11.2 Å². The van der Waals surface area contributed by atoms with Crippen LogP contribution in [-0.4, -0.2) is 41.3 Å². The molecule has 1 aromatic rings. The summed E-state index contributed by atoms with van der Waals surface area (Å²) in [7, 11) is 0. The van der Waals surface area contributed by atoms with E-state index in [9.17, 15) is 5.11 Å². The fourth-order valence-electron chi connectivity index (χ4n) is 2.83. The summed E-state index contributed by atoms with van der Waals surface area (Å²) < 4.78 is 5.74. The van der Waals surface area contributed by atoms with Gasteiger partial charge in [0.25, 0.3) is 0 Å². The second-order valence-corrected chi connectivity index (χ2v) is 6.36. The molecule has 0 aliphatic carbocycles. The van der Waals surface area contributed by atoms with Crippen molar-refractivity contribution >= 4 is 0 Å². The van der Waals surface area contributed by atoms with Crippen LogP contribution >= 0.6 is 0 Å². The average Bonchev–Trinajstić information content (AvgIpc) is 2.45. The van der Waals surface area contributed by atoms with Crippen molar-refractivity contribution in [2.24, 2.45) is 0 Å². The zero-order chi connectivity index (χ0) is 14.8. The van der Waals surface area contributed by atoms with E-state index >= 15 is 0 Å². The molecule has 2 atom stereocenters. The standard InChI is InChI=1S/C17H27NO2/c1-5-14-6-8-15(9-7-14)16(19)13(2)18-10-11-20-17(3,4)12-18/h6-9,13,16,19H,5,10-12H2,1-4H3. The number of aliphatic hydroxyl groups excluding tert-OH is 1. The number of morpholine rings is 1. The topological polar surface area (TPSA) is 32.7 Å². The molecule has 0 bridgehead atoms. The van der Waals surface area contributed by atoms with Gasteiger partial charge in [0.2, 0.25) is 0 Å². The van der Waals surface area contributed by atoms with Crippen molar-refractivity contribution in [3.63, 3.8) is 0 Å². The first kappa shape index (κ1) is 15.5. The van der Waals surface area contributed by atoms with Crippen molar-refractivity contribution in [3.05, 3.63) is 35.4 Å². The predicted molar refractivity (Wildman–Crippen MR) is 81.8 cm³/mol. The van der Waals surface area contributed by atoms with Crippen LogP contribution in [0.15, 0.2) is 24.3 Å². The van der Waals surface area contributed by atoms with Gasteiger partial charge < -0.3 is 9.84 Å². The van der Waals surface area contributed by atoms with Crippen molar-refractivity contribution in [1.82, 2.24) is 4.90 Å². The monoisotopic (exact) mass is 277 g/mol. The summed E-state index contributed by atoms with van der Waals surface area (Å²) in [5.41, 5.74) is 2.18. The first-order valence-electron chi connectivity index (χ1n) is 7.58. The molecule has 0 aromatic heterocycles. The van der Waals surface area contributed by atoms with E-state index in [1.807, 2.05) is 12.1 Å². The Morgan fingerprint density at radius 1 is 1.30 bits per heavy atom. The lowest BCUT2D eigenvalue weighted by atomic mass is 9.98. The lowest BCUT2D eigenvalue weighted by Crippen LogP contribution is -2.52. The van der Waals surface area contributed by atoms with E-state index in [1.165, 1.54) is 5.56 Å². The number of ether oxygens (including phenoxy) is 1. The normalized spacial score (nSPS) is 22.4. The number of aryl methyl sites for hydroxylation is 1. The highest BCUT2D eigenvalue weighted by molar-refractivity contribution is 5.25. The lowest BCUT2D eigenvalue weighted by molar-refractivity contribution is -0.108. The minimum atomic E-state index is -0.449. The van der Waals surface area contributed by atoms with Crippen molar-refractivity contribution in [3.8, 4) is 0 Å². The van der Waals surface area contributed by atoms with Gasteiger partial charge >= 0.3 is 0 Å². The maximum atomic E-state index is 10.6. The number of aliphatic hydroxyl groups is 1. The van der Waals surface area contributed by atoms with Crippen molar-refractivity contribution < 1.29 is 9.84 Å². The minimum Gasteiger partial charge on any atom is -0.387 e. The van der Waals surface area contributed by atoms with Gasteiger partial charge in [-0.1, -0.05) is 31.2 Å². The fourth-order valence-corrected chi connectivity index (χ4v) is 2.83. The van der Waals surface area contributed by atoms with Gasteiger partial charge in [-0.2, -0.15) is 0 Å². The quantitative estimate of drug-likeness (QED) is 0.918. The number of nitrogens with zero attached hydrogens (tertiary/aromatic N) is 1. The summed E-state index contributed by atoms with van der Waals surface area (Å²) in [6.07, 6.45) is 0.582. The number of benzene rings is 1. The van der Waals surface area contributed by atoms with Gasteiger partial charge in [-0.05, 0) is 38.3 Å². The van der Waals surface area contributed by atoms with E-state index in [-0.39, 0.29) is 11.6 Å². The van der Waals surface area contributed by atoms with Crippen LogP contribution in [0.4, 0.5) is 0 Å². The molecule has 1 aliphatic rings. The van der Waals surface area contributed by atoms with E-state index in [2.05, 4.69) is 44.7 Å². The van der Waals surface area contributed by atoms with Gasteiger partial charge in [-0.3, -0.25) is 4.90 Å². The third-order valence-electron chi connectivity index (χ3n) is 4.22. The Balaban J connectivity index is 2.05. The van der Waals surface area contributed by atoms with E-state index in [0.717, 1.165) is 31.7 Å². The first-order chi connectivity index (χ1) is 9.43. The Bertz CT molecular complexity index is 427. The Labute approximate surface area is 122 Å². The molecule has 3 heteroatoms. The molecule has 1 fully saturated rings. The van der Waals surface area contributed by atoms with Crippen molar-refractivity contribution in [2.45, 2.75) is 51.9 Å². The van der Waals surface area contributed by atoms with Crippen LogP contribution < -0.4 is 0 Å². The second kappa shape index (κ2) is 6.25. The minimum absolute atomic E-state index is 0.102. The molecule has 1 heterocycles. The van der Waals surface area contributed by atoms with E-state index < -0.39 is 6.10 Å². The van der Waals surface area contributed by atoms with Gasteiger partial charge in [0, 0.05) is 19.1 Å². The van der Waals surface area contributed by atoms with Gasteiger partial charge in [-0.15, -0.1) is 0 Å². The molecule has 2 unspecified atom stereocenters. The molecule has 0 saturated carbocycles. The average molecular weight is 277 g/mol. The number of hydrogen-bond donors (Lipinski definition) is 1. The zero-order valence-corrected chi connectivity index (χ0v) is 13.1. The second-order valence-electron chi connectivity index (χ2n) is 6.36. The van der Waals surface area contributed by atoms with Gasteiger partial charge in [0.15, 0.2) is 0 Å². The lowest BCUT2D eigenvalue weighted by Gasteiger charge is -2.42. The van der Waals surface area contributed by atoms with Crippen LogP contribution in [0, 0.1) is 0 Å². The molecule has 3 nitrogen and oxygen atoms in total. The van der Waals surface area contributed by atoms with E-state index in [0.29, 0.717) is 0 Å². The van der Waals surface area contributed by atoms with Crippen LogP contribution in [0.2, 0.25) is 0 Å². The SMILES string of the molecule is CCc1ccc(C(O)C(C)N2CCOC(C)(C)C2)cc1. The van der Waals surface area contributed by atoms with Gasteiger partial charge in [0.1, 0.15) is 0 Å².